The molecular weight excluding hydrogens is 318 g/mol. The van der Waals surface area contributed by atoms with Crippen LogP contribution in [0.1, 0.15) is 28.8 Å². The highest BCUT2D eigenvalue weighted by Crippen LogP contribution is 2.20. The van der Waals surface area contributed by atoms with E-state index in [4.69, 9.17) is 0 Å². The number of aromatic amines is 1. The maximum Gasteiger partial charge on any atom is 0.333 e. The van der Waals surface area contributed by atoms with E-state index in [1.54, 1.807) is 30.3 Å². The van der Waals surface area contributed by atoms with Gasteiger partial charge >= 0.3 is 5.69 Å². The second-order valence-corrected chi connectivity index (χ2v) is 6.41. The van der Waals surface area contributed by atoms with E-state index in [1.165, 1.54) is 0 Å². The van der Waals surface area contributed by atoms with E-state index < -0.39 is 11.2 Å². The predicted octanol–water partition coefficient (Wildman–Crippen LogP) is 1.88. The lowest BCUT2D eigenvalue weighted by Gasteiger charge is -2.08. The van der Waals surface area contributed by atoms with Crippen molar-refractivity contribution in [1.29, 1.82) is 0 Å². The summed E-state index contributed by atoms with van der Waals surface area (Å²) in [6.07, 6.45) is 1.99. The number of H-pyrrole nitrogens is 1. The number of benzene rings is 2. The molecule has 1 saturated carbocycles. The zero-order chi connectivity index (χ0) is 17.6. The molecule has 0 atom stereocenters. The van der Waals surface area contributed by atoms with Gasteiger partial charge in [-0.15, -0.1) is 0 Å². The topological polar surface area (TPSA) is 84.0 Å². The lowest BCUT2D eigenvalue weighted by atomic mass is 10.1. The molecule has 6 nitrogen and oxygen atoms in total. The maximum absolute atomic E-state index is 12.7. The number of carbonyl (C=O) groups is 1. The van der Waals surface area contributed by atoms with Gasteiger partial charge in [-0.2, -0.15) is 0 Å². The molecular formula is C19H17N3O3. The second kappa shape index (κ2) is 5.73. The van der Waals surface area contributed by atoms with Gasteiger partial charge in [0.05, 0.1) is 16.6 Å². The van der Waals surface area contributed by atoms with Gasteiger partial charge in [0.25, 0.3) is 11.5 Å². The van der Waals surface area contributed by atoms with Gasteiger partial charge in [0.15, 0.2) is 0 Å². The first-order valence-electron chi connectivity index (χ1n) is 8.20. The van der Waals surface area contributed by atoms with Crippen LogP contribution in [0.25, 0.3) is 16.6 Å². The number of aryl methyl sites for hydroxylation is 1. The van der Waals surface area contributed by atoms with E-state index in [9.17, 15) is 14.4 Å². The molecule has 6 heteroatoms. The van der Waals surface area contributed by atoms with Crippen molar-refractivity contribution < 1.29 is 4.79 Å². The summed E-state index contributed by atoms with van der Waals surface area (Å²) in [6.45, 7) is 1.94. The zero-order valence-corrected chi connectivity index (χ0v) is 13.7. The van der Waals surface area contributed by atoms with Gasteiger partial charge in [-0.25, -0.2) is 9.36 Å². The van der Waals surface area contributed by atoms with Crippen molar-refractivity contribution in [1.82, 2.24) is 14.9 Å². The largest absolute Gasteiger partial charge is 0.349 e. The summed E-state index contributed by atoms with van der Waals surface area (Å²) in [5, 5.41) is 3.26. The van der Waals surface area contributed by atoms with Crippen LogP contribution in [0.4, 0.5) is 0 Å². The maximum atomic E-state index is 12.7. The van der Waals surface area contributed by atoms with Crippen molar-refractivity contribution in [3.63, 3.8) is 0 Å². The minimum absolute atomic E-state index is 0.187. The smallest absolute Gasteiger partial charge is 0.333 e. The summed E-state index contributed by atoms with van der Waals surface area (Å²) in [6, 6.07) is 12.1. The minimum atomic E-state index is -0.527. The van der Waals surface area contributed by atoms with Crippen molar-refractivity contribution in [3.05, 3.63) is 74.4 Å². The van der Waals surface area contributed by atoms with Crippen LogP contribution in [0.2, 0.25) is 0 Å². The lowest BCUT2D eigenvalue weighted by Crippen LogP contribution is -2.33. The summed E-state index contributed by atoms with van der Waals surface area (Å²) < 4.78 is 1.10. The Kier molecular flexibility index (Phi) is 3.53. The van der Waals surface area contributed by atoms with Gasteiger partial charge in [-0.05, 0) is 50.1 Å². The Balaban J connectivity index is 1.82. The predicted molar refractivity (Wildman–Crippen MR) is 95.4 cm³/mol. The molecule has 1 aliphatic carbocycles. The van der Waals surface area contributed by atoms with Crippen molar-refractivity contribution in [3.8, 4) is 5.69 Å². The molecule has 2 aromatic carbocycles. The quantitative estimate of drug-likeness (QED) is 0.766. The van der Waals surface area contributed by atoms with Gasteiger partial charge in [0.2, 0.25) is 0 Å². The number of amides is 1. The molecule has 3 aromatic rings. The molecule has 1 heterocycles. The van der Waals surface area contributed by atoms with Crippen molar-refractivity contribution >= 4 is 16.8 Å². The van der Waals surface area contributed by atoms with E-state index in [1.807, 2.05) is 19.1 Å². The highest BCUT2D eigenvalue weighted by Gasteiger charge is 2.24. The minimum Gasteiger partial charge on any atom is -0.349 e. The Labute approximate surface area is 143 Å². The van der Waals surface area contributed by atoms with Crippen molar-refractivity contribution in [2.24, 2.45) is 0 Å². The van der Waals surface area contributed by atoms with E-state index in [0.29, 0.717) is 22.2 Å². The van der Waals surface area contributed by atoms with E-state index in [-0.39, 0.29) is 11.9 Å². The molecule has 2 N–H and O–H groups in total. The van der Waals surface area contributed by atoms with Gasteiger partial charge in [-0.3, -0.25) is 9.59 Å². The number of hydrogen-bond donors (Lipinski definition) is 2. The summed E-state index contributed by atoms with van der Waals surface area (Å²) in [4.78, 5) is 40.0. The number of carbonyl (C=O) groups excluding carboxylic acids is 1. The Hall–Kier alpha value is -3.15. The van der Waals surface area contributed by atoms with Crippen LogP contribution in [0.15, 0.2) is 52.1 Å². The first-order valence-corrected chi connectivity index (χ1v) is 8.20. The van der Waals surface area contributed by atoms with E-state index in [2.05, 4.69) is 10.3 Å². The van der Waals surface area contributed by atoms with Crippen LogP contribution >= 0.6 is 0 Å². The number of rotatable bonds is 3. The molecule has 1 aliphatic rings. The molecule has 1 fully saturated rings. The first-order chi connectivity index (χ1) is 12.0. The van der Waals surface area contributed by atoms with Crippen LogP contribution in [0, 0.1) is 6.92 Å². The Morgan fingerprint density at radius 1 is 1.12 bits per heavy atom. The fraction of sp³-hybridized carbons (Fsp3) is 0.211. The van der Waals surface area contributed by atoms with Crippen LogP contribution in [-0.2, 0) is 0 Å². The van der Waals surface area contributed by atoms with Crippen LogP contribution in [0.3, 0.4) is 0 Å². The molecule has 25 heavy (non-hydrogen) atoms. The summed E-state index contributed by atoms with van der Waals surface area (Å²) in [5.74, 6) is -0.187. The molecule has 1 aromatic heterocycles. The Morgan fingerprint density at radius 3 is 2.52 bits per heavy atom. The SMILES string of the molecule is Cc1ccc(-n2c(=O)[nH]c3cc(C(=O)NC4CC4)ccc3c2=O)cc1. The number of hydrogen-bond acceptors (Lipinski definition) is 3. The fourth-order valence-corrected chi connectivity index (χ4v) is 2.78. The molecule has 4 rings (SSSR count). The Morgan fingerprint density at radius 2 is 1.84 bits per heavy atom. The number of nitrogens with zero attached hydrogens (tertiary/aromatic N) is 1. The molecule has 0 bridgehead atoms. The van der Waals surface area contributed by atoms with Gasteiger partial charge in [0.1, 0.15) is 0 Å². The molecule has 0 unspecified atom stereocenters. The fourth-order valence-electron chi connectivity index (χ4n) is 2.78. The third-order valence-corrected chi connectivity index (χ3v) is 4.36. The third-order valence-electron chi connectivity index (χ3n) is 4.36. The summed E-state index contributed by atoms with van der Waals surface area (Å²) in [7, 11) is 0. The molecule has 0 aliphatic heterocycles. The zero-order valence-electron chi connectivity index (χ0n) is 13.7. The first kappa shape index (κ1) is 15.4. The number of fused-ring (bicyclic) bond motifs is 1. The number of nitrogens with one attached hydrogen (secondary N) is 2. The van der Waals surface area contributed by atoms with Crippen LogP contribution < -0.4 is 16.6 Å². The van der Waals surface area contributed by atoms with Gasteiger partial charge in [-0.1, -0.05) is 17.7 Å². The third kappa shape index (κ3) is 2.87. The second-order valence-electron chi connectivity index (χ2n) is 6.41. The summed E-state index contributed by atoms with van der Waals surface area (Å²) in [5.41, 5.74) is 1.41. The molecule has 1 amide bonds. The normalized spacial score (nSPS) is 13.8. The summed E-state index contributed by atoms with van der Waals surface area (Å²) >= 11 is 0. The standard InChI is InChI=1S/C19H17N3O3/c1-11-2-7-14(8-3-11)22-18(24)15-9-4-12(10-16(15)21-19(22)25)17(23)20-13-5-6-13/h2-4,7-10,13H,5-6H2,1H3,(H,20,23)(H,21,25). The van der Waals surface area contributed by atoms with Crippen molar-refractivity contribution in [2.45, 2.75) is 25.8 Å². The highest BCUT2D eigenvalue weighted by molar-refractivity contribution is 5.97. The average Bonchev–Trinajstić information content (AvgIpc) is 3.40. The monoisotopic (exact) mass is 335 g/mol. The van der Waals surface area contributed by atoms with Crippen LogP contribution in [0.5, 0.6) is 0 Å². The van der Waals surface area contributed by atoms with Gasteiger partial charge in [0, 0.05) is 11.6 Å². The Bertz CT molecular complexity index is 1090. The van der Waals surface area contributed by atoms with E-state index >= 15 is 0 Å². The van der Waals surface area contributed by atoms with Gasteiger partial charge < -0.3 is 10.3 Å². The lowest BCUT2D eigenvalue weighted by molar-refractivity contribution is 0.0951. The average molecular weight is 335 g/mol. The molecule has 0 saturated heterocycles. The van der Waals surface area contributed by atoms with Crippen molar-refractivity contribution in [2.75, 3.05) is 0 Å². The molecule has 126 valence electrons. The highest BCUT2D eigenvalue weighted by atomic mass is 16.2. The number of aromatic nitrogens is 2. The molecule has 0 spiro atoms. The van der Waals surface area contributed by atoms with Crippen LogP contribution in [-0.4, -0.2) is 21.5 Å². The molecule has 0 radical (unpaired) electrons. The van der Waals surface area contributed by atoms with E-state index in [0.717, 1.165) is 23.0 Å².